The van der Waals surface area contributed by atoms with Gasteiger partial charge in [0, 0.05) is 18.3 Å². The van der Waals surface area contributed by atoms with Gasteiger partial charge in [0.2, 0.25) is 11.7 Å². The van der Waals surface area contributed by atoms with Crippen LogP contribution in [0.4, 0.5) is 0 Å². The van der Waals surface area contributed by atoms with Crippen molar-refractivity contribution >= 4 is 5.97 Å². The minimum Gasteiger partial charge on any atom is -0.460 e. The summed E-state index contributed by atoms with van der Waals surface area (Å²) in [6, 6.07) is 0. The second-order valence-corrected chi connectivity index (χ2v) is 9.01. The van der Waals surface area contributed by atoms with Crippen molar-refractivity contribution in [3.63, 3.8) is 0 Å². The minimum atomic E-state index is -0.509. The maximum Gasteiger partial charge on any atom is 0.307 e. The molecule has 0 bridgehead atoms. The van der Waals surface area contributed by atoms with E-state index in [2.05, 4.69) is 20.1 Å². The molecular formula is C22H32N4O3. The van der Waals surface area contributed by atoms with Crippen LogP contribution in [0.2, 0.25) is 0 Å². The standard InChI is InChI=1S/C22H32N4O3/c1-22(2,3)28-19(27)12-17(11-7-10-16-8-5-4-6-9-16)21-25-20(26-29-21)18-13-23-15-24-14-18/h13-17H,4-12H2,1-3H3. The summed E-state index contributed by atoms with van der Waals surface area (Å²) in [6.07, 6.45) is 14.8. The average Bonchev–Trinajstić information content (AvgIpc) is 3.17. The molecule has 158 valence electrons. The van der Waals surface area contributed by atoms with Crippen LogP contribution in [0.15, 0.2) is 23.2 Å². The van der Waals surface area contributed by atoms with Gasteiger partial charge < -0.3 is 9.26 Å². The lowest BCUT2D eigenvalue weighted by molar-refractivity contribution is -0.155. The second-order valence-electron chi connectivity index (χ2n) is 9.01. The summed E-state index contributed by atoms with van der Waals surface area (Å²) in [4.78, 5) is 25.0. The zero-order valence-corrected chi connectivity index (χ0v) is 17.8. The fraction of sp³-hybridized carbons (Fsp3) is 0.682. The first-order valence-corrected chi connectivity index (χ1v) is 10.7. The Kier molecular flexibility index (Phi) is 7.34. The molecule has 0 amide bonds. The summed E-state index contributed by atoms with van der Waals surface area (Å²) in [5.41, 5.74) is 0.186. The molecule has 1 aliphatic carbocycles. The summed E-state index contributed by atoms with van der Waals surface area (Å²) < 4.78 is 11.1. The van der Waals surface area contributed by atoms with Crippen LogP contribution < -0.4 is 0 Å². The Morgan fingerprint density at radius 3 is 2.62 bits per heavy atom. The van der Waals surface area contributed by atoms with Gasteiger partial charge in [0.15, 0.2) is 0 Å². The van der Waals surface area contributed by atoms with Gasteiger partial charge in [-0.25, -0.2) is 9.97 Å². The highest BCUT2D eigenvalue weighted by atomic mass is 16.6. The van der Waals surface area contributed by atoms with Crippen molar-refractivity contribution in [2.24, 2.45) is 5.92 Å². The molecule has 0 spiro atoms. The molecule has 1 atom stereocenters. The summed E-state index contributed by atoms with van der Waals surface area (Å²) in [7, 11) is 0. The van der Waals surface area contributed by atoms with Gasteiger partial charge in [-0.2, -0.15) is 4.98 Å². The first-order chi connectivity index (χ1) is 13.9. The summed E-state index contributed by atoms with van der Waals surface area (Å²) in [6.45, 7) is 5.63. The number of esters is 1. The average molecular weight is 401 g/mol. The normalized spacial score (nSPS) is 16.5. The van der Waals surface area contributed by atoms with Crippen LogP contribution in [0, 0.1) is 5.92 Å². The zero-order chi connectivity index (χ0) is 20.7. The molecular weight excluding hydrogens is 368 g/mol. The molecule has 7 nitrogen and oxygen atoms in total. The quantitative estimate of drug-likeness (QED) is 0.570. The topological polar surface area (TPSA) is 91.0 Å². The number of aromatic nitrogens is 4. The summed E-state index contributed by atoms with van der Waals surface area (Å²) in [5.74, 6) is 1.37. The molecule has 2 aromatic heterocycles. The van der Waals surface area contributed by atoms with Crippen molar-refractivity contribution in [1.29, 1.82) is 0 Å². The molecule has 0 aromatic carbocycles. The van der Waals surface area contributed by atoms with E-state index in [1.54, 1.807) is 12.4 Å². The van der Waals surface area contributed by atoms with Gasteiger partial charge in [0.05, 0.1) is 12.0 Å². The second kappa shape index (κ2) is 9.94. The molecule has 0 aliphatic heterocycles. The minimum absolute atomic E-state index is 0.140. The van der Waals surface area contributed by atoms with E-state index in [1.807, 2.05) is 20.8 Å². The van der Waals surface area contributed by atoms with E-state index in [1.165, 1.54) is 44.9 Å². The number of hydrogen-bond acceptors (Lipinski definition) is 7. The smallest absolute Gasteiger partial charge is 0.307 e. The zero-order valence-electron chi connectivity index (χ0n) is 17.8. The molecule has 0 saturated heterocycles. The highest BCUT2D eigenvalue weighted by molar-refractivity contribution is 5.70. The van der Waals surface area contributed by atoms with Crippen LogP contribution in [0.5, 0.6) is 0 Å². The molecule has 0 N–H and O–H groups in total. The summed E-state index contributed by atoms with van der Waals surface area (Å²) >= 11 is 0. The number of nitrogens with zero attached hydrogens (tertiary/aromatic N) is 4. The molecule has 1 fully saturated rings. The third-order valence-electron chi connectivity index (χ3n) is 5.33. The highest BCUT2D eigenvalue weighted by Gasteiger charge is 2.26. The Morgan fingerprint density at radius 2 is 1.93 bits per heavy atom. The Morgan fingerprint density at radius 1 is 1.21 bits per heavy atom. The van der Waals surface area contributed by atoms with Crippen LogP contribution in [0.3, 0.4) is 0 Å². The van der Waals surface area contributed by atoms with E-state index >= 15 is 0 Å². The van der Waals surface area contributed by atoms with Crippen molar-refractivity contribution in [3.05, 3.63) is 24.6 Å². The monoisotopic (exact) mass is 400 g/mol. The van der Waals surface area contributed by atoms with Crippen LogP contribution in [-0.2, 0) is 9.53 Å². The van der Waals surface area contributed by atoms with Crippen molar-refractivity contribution in [3.8, 4) is 11.4 Å². The van der Waals surface area contributed by atoms with E-state index in [4.69, 9.17) is 9.26 Å². The van der Waals surface area contributed by atoms with Crippen LogP contribution in [-0.4, -0.2) is 31.7 Å². The lowest BCUT2D eigenvalue weighted by atomic mass is 9.84. The van der Waals surface area contributed by atoms with Crippen LogP contribution >= 0.6 is 0 Å². The molecule has 1 aliphatic rings. The Balaban J connectivity index is 1.66. The van der Waals surface area contributed by atoms with Gasteiger partial charge >= 0.3 is 5.97 Å². The molecule has 2 aromatic rings. The van der Waals surface area contributed by atoms with Gasteiger partial charge in [-0.1, -0.05) is 50.1 Å². The number of rotatable bonds is 8. The Bertz CT molecular complexity index is 764. The molecule has 1 unspecified atom stereocenters. The largest absolute Gasteiger partial charge is 0.460 e. The maximum absolute atomic E-state index is 12.5. The van der Waals surface area contributed by atoms with Crippen molar-refractivity contribution in [2.75, 3.05) is 0 Å². The number of hydrogen-bond donors (Lipinski definition) is 0. The number of carbonyl (C=O) groups is 1. The fourth-order valence-electron chi connectivity index (χ4n) is 3.96. The van der Waals surface area contributed by atoms with Gasteiger partial charge in [-0.3, -0.25) is 4.79 Å². The van der Waals surface area contributed by atoms with Gasteiger partial charge in [-0.15, -0.1) is 0 Å². The van der Waals surface area contributed by atoms with Gasteiger partial charge in [0.1, 0.15) is 11.9 Å². The lowest BCUT2D eigenvalue weighted by Gasteiger charge is -2.23. The van der Waals surface area contributed by atoms with Gasteiger partial charge in [0.25, 0.3) is 0 Å². The predicted molar refractivity (Wildman–Crippen MR) is 109 cm³/mol. The SMILES string of the molecule is CC(C)(C)OC(=O)CC(CCCC1CCCCC1)c1nc(-c2cncnc2)no1. The van der Waals surface area contributed by atoms with E-state index in [9.17, 15) is 4.79 Å². The van der Waals surface area contributed by atoms with Crippen LogP contribution in [0.1, 0.15) is 90.4 Å². The molecule has 7 heteroatoms. The van der Waals surface area contributed by atoms with Crippen molar-refractivity contribution in [1.82, 2.24) is 20.1 Å². The molecule has 2 heterocycles. The highest BCUT2D eigenvalue weighted by Crippen LogP contribution is 2.32. The lowest BCUT2D eigenvalue weighted by Crippen LogP contribution is -2.25. The van der Waals surface area contributed by atoms with Crippen molar-refractivity contribution < 1.29 is 14.1 Å². The fourth-order valence-corrected chi connectivity index (χ4v) is 3.96. The Hall–Kier alpha value is -2.31. The van der Waals surface area contributed by atoms with Crippen LogP contribution in [0.25, 0.3) is 11.4 Å². The maximum atomic E-state index is 12.5. The van der Waals surface area contributed by atoms with Crippen molar-refractivity contribution in [2.45, 2.75) is 90.1 Å². The molecule has 1 saturated carbocycles. The first-order valence-electron chi connectivity index (χ1n) is 10.7. The number of ether oxygens (including phenoxy) is 1. The predicted octanol–water partition coefficient (Wildman–Crippen LogP) is 5.09. The third-order valence-corrected chi connectivity index (χ3v) is 5.33. The first kappa shape index (κ1) is 21.4. The van der Waals surface area contributed by atoms with E-state index < -0.39 is 5.60 Å². The Labute approximate surface area is 172 Å². The third kappa shape index (κ3) is 6.91. The number of carbonyl (C=O) groups excluding carboxylic acids is 1. The summed E-state index contributed by atoms with van der Waals surface area (Å²) in [5, 5.41) is 4.07. The van der Waals surface area contributed by atoms with E-state index in [0.717, 1.165) is 18.8 Å². The van der Waals surface area contributed by atoms with E-state index in [-0.39, 0.29) is 18.3 Å². The van der Waals surface area contributed by atoms with Gasteiger partial charge in [-0.05, 0) is 33.1 Å². The molecule has 0 radical (unpaired) electrons. The van der Waals surface area contributed by atoms with E-state index in [0.29, 0.717) is 17.3 Å². The molecule has 3 rings (SSSR count). The molecule has 29 heavy (non-hydrogen) atoms.